The molecule has 17 heavy (non-hydrogen) atoms. The molecule has 0 atom stereocenters. The molecule has 0 N–H and O–H groups in total. The Morgan fingerprint density at radius 1 is 1.12 bits per heavy atom. The van der Waals surface area contributed by atoms with Gasteiger partial charge in [-0.25, -0.2) is 0 Å². The minimum atomic E-state index is 1.17. The molecule has 94 valence electrons. The van der Waals surface area contributed by atoms with Crippen molar-refractivity contribution in [1.29, 1.82) is 0 Å². The summed E-state index contributed by atoms with van der Waals surface area (Å²) >= 11 is 3.61. The van der Waals surface area contributed by atoms with Crippen LogP contribution in [0, 0.1) is 0 Å². The van der Waals surface area contributed by atoms with E-state index >= 15 is 0 Å². The van der Waals surface area contributed by atoms with Gasteiger partial charge in [0, 0.05) is 30.7 Å². The lowest BCUT2D eigenvalue weighted by molar-refractivity contribution is 0.153. The zero-order valence-corrected chi connectivity index (χ0v) is 12.1. The van der Waals surface area contributed by atoms with Gasteiger partial charge in [0.25, 0.3) is 0 Å². The Morgan fingerprint density at radius 2 is 1.82 bits per heavy atom. The number of aryl methyl sites for hydroxylation is 1. The van der Waals surface area contributed by atoms with Crippen LogP contribution in [-0.4, -0.2) is 49.6 Å². The average Bonchev–Trinajstić information content (AvgIpc) is 2.34. The third kappa shape index (κ3) is 4.09. The molecule has 1 aromatic carbocycles. The van der Waals surface area contributed by atoms with Crippen molar-refractivity contribution in [3.05, 3.63) is 34.3 Å². The summed E-state index contributed by atoms with van der Waals surface area (Å²) in [6, 6.07) is 8.54. The van der Waals surface area contributed by atoms with E-state index in [1.165, 1.54) is 55.6 Å². The summed E-state index contributed by atoms with van der Waals surface area (Å²) in [5.41, 5.74) is 1.43. The quantitative estimate of drug-likeness (QED) is 0.843. The van der Waals surface area contributed by atoms with Gasteiger partial charge in [0.15, 0.2) is 0 Å². The van der Waals surface area contributed by atoms with E-state index in [-0.39, 0.29) is 0 Å². The first-order valence-corrected chi connectivity index (χ1v) is 7.19. The molecular formula is C14H21BrN2. The lowest BCUT2D eigenvalue weighted by Crippen LogP contribution is -2.44. The molecule has 0 unspecified atom stereocenters. The SMILES string of the molecule is CN1CCN(CCCc2ccccc2Br)CC1. The summed E-state index contributed by atoms with van der Waals surface area (Å²) in [5, 5.41) is 0. The largest absolute Gasteiger partial charge is 0.304 e. The number of rotatable bonds is 4. The fourth-order valence-corrected chi connectivity index (χ4v) is 2.75. The van der Waals surface area contributed by atoms with Crippen LogP contribution < -0.4 is 0 Å². The van der Waals surface area contributed by atoms with Gasteiger partial charge in [0.05, 0.1) is 0 Å². The standard InChI is InChI=1S/C14H21BrN2/c1-16-9-11-17(12-10-16)8-4-6-13-5-2-3-7-14(13)15/h2-3,5,7H,4,6,8-12H2,1H3. The minimum Gasteiger partial charge on any atom is -0.304 e. The van der Waals surface area contributed by atoms with E-state index in [4.69, 9.17) is 0 Å². The summed E-state index contributed by atoms with van der Waals surface area (Å²) in [4.78, 5) is 4.99. The molecule has 0 aliphatic carbocycles. The van der Waals surface area contributed by atoms with Crippen LogP contribution in [0.2, 0.25) is 0 Å². The molecule has 0 saturated carbocycles. The second-order valence-corrected chi connectivity index (χ2v) is 5.69. The molecule has 1 aromatic rings. The maximum Gasteiger partial charge on any atom is 0.0207 e. The number of likely N-dealkylation sites (N-methyl/N-ethyl adjacent to an activating group) is 1. The van der Waals surface area contributed by atoms with Crippen molar-refractivity contribution in [2.45, 2.75) is 12.8 Å². The molecule has 2 rings (SSSR count). The van der Waals surface area contributed by atoms with E-state index in [9.17, 15) is 0 Å². The second kappa shape index (κ2) is 6.53. The van der Waals surface area contributed by atoms with Crippen molar-refractivity contribution in [3.8, 4) is 0 Å². The molecule has 1 heterocycles. The third-order valence-corrected chi connectivity index (χ3v) is 4.25. The lowest BCUT2D eigenvalue weighted by Gasteiger charge is -2.32. The summed E-state index contributed by atoms with van der Waals surface area (Å²) in [7, 11) is 2.21. The molecule has 0 spiro atoms. The van der Waals surface area contributed by atoms with Gasteiger partial charge in [-0.05, 0) is 38.1 Å². The van der Waals surface area contributed by atoms with Crippen molar-refractivity contribution in [3.63, 3.8) is 0 Å². The van der Waals surface area contributed by atoms with Gasteiger partial charge in [0.1, 0.15) is 0 Å². The van der Waals surface area contributed by atoms with Gasteiger partial charge in [-0.15, -0.1) is 0 Å². The first-order valence-electron chi connectivity index (χ1n) is 6.40. The van der Waals surface area contributed by atoms with Crippen LogP contribution in [0.15, 0.2) is 28.7 Å². The van der Waals surface area contributed by atoms with Crippen molar-refractivity contribution in [1.82, 2.24) is 9.80 Å². The zero-order chi connectivity index (χ0) is 12.1. The highest BCUT2D eigenvalue weighted by Crippen LogP contribution is 2.17. The summed E-state index contributed by atoms with van der Waals surface area (Å²) < 4.78 is 1.25. The van der Waals surface area contributed by atoms with Gasteiger partial charge in [0.2, 0.25) is 0 Å². The van der Waals surface area contributed by atoms with Crippen LogP contribution in [0.1, 0.15) is 12.0 Å². The van der Waals surface area contributed by atoms with Crippen LogP contribution in [0.5, 0.6) is 0 Å². The number of nitrogens with zero attached hydrogens (tertiary/aromatic N) is 2. The molecule has 1 aliphatic rings. The van der Waals surface area contributed by atoms with E-state index < -0.39 is 0 Å². The number of hydrogen-bond acceptors (Lipinski definition) is 2. The Kier molecular flexibility index (Phi) is 5.01. The third-order valence-electron chi connectivity index (χ3n) is 3.47. The normalized spacial score (nSPS) is 18.5. The van der Waals surface area contributed by atoms with Crippen molar-refractivity contribution in [2.24, 2.45) is 0 Å². The van der Waals surface area contributed by atoms with E-state index in [2.05, 4.69) is 57.0 Å². The molecule has 1 saturated heterocycles. The molecule has 0 bridgehead atoms. The maximum atomic E-state index is 3.61. The van der Waals surface area contributed by atoms with E-state index in [1.54, 1.807) is 0 Å². The van der Waals surface area contributed by atoms with E-state index in [1.807, 2.05) is 0 Å². The van der Waals surface area contributed by atoms with E-state index in [0.29, 0.717) is 0 Å². The van der Waals surface area contributed by atoms with Gasteiger partial charge in [-0.3, -0.25) is 0 Å². The Bertz CT molecular complexity index is 346. The van der Waals surface area contributed by atoms with Crippen molar-refractivity contribution < 1.29 is 0 Å². The molecule has 1 aliphatic heterocycles. The van der Waals surface area contributed by atoms with Gasteiger partial charge in [-0.1, -0.05) is 34.1 Å². The molecule has 1 fully saturated rings. The Morgan fingerprint density at radius 3 is 2.53 bits per heavy atom. The molecule has 0 radical (unpaired) electrons. The van der Waals surface area contributed by atoms with Crippen LogP contribution >= 0.6 is 15.9 Å². The molecule has 0 amide bonds. The van der Waals surface area contributed by atoms with E-state index in [0.717, 1.165) is 0 Å². The fourth-order valence-electron chi connectivity index (χ4n) is 2.27. The van der Waals surface area contributed by atoms with Gasteiger partial charge < -0.3 is 9.80 Å². The Balaban J connectivity index is 1.71. The van der Waals surface area contributed by atoms with Gasteiger partial charge >= 0.3 is 0 Å². The van der Waals surface area contributed by atoms with Crippen molar-refractivity contribution in [2.75, 3.05) is 39.8 Å². The first kappa shape index (κ1) is 13.1. The highest BCUT2D eigenvalue weighted by molar-refractivity contribution is 9.10. The van der Waals surface area contributed by atoms with Crippen LogP contribution in [0.25, 0.3) is 0 Å². The molecule has 2 nitrogen and oxygen atoms in total. The predicted octanol–water partition coefficient (Wildman–Crippen LogP) is 2.63. The van der Waals surface area contributed by atoms with Crippen LogP contribution in [0.3, 0.4) is 0 Å². The predicted molar refractivity (Wildman–Crippen MR) is 76.4 cm³/mol. The summed E-state index contributed by atoms with van der Waals surface area (Å²) in [6.45, 7) is 6.12. The number of benzene rings is 1. The summed E-state index contributed by atoms with van der Waals surface area (Å²) in [6.07, 6.45) is 2.43. The van der Waals surface area contributed by atoms with Gasteiger partial charge in [-0.2, -0.15) is 0 Å². The maximum absolute atomic E-state index is 3.61. The van der Waals surface area contributed by atoms with Crippen LogP contribution in [0.4, 0.5) is 0 Å². The minimum absolute atomic E-state index is 1.17. The number of piperazine rings is 1. The monoisotopic (exact) mass is 296 g/mol. The van der Waals surface area contributed by atoms with Crippen molar-refractivity contribution >= 4 is 15.9 Å². The van der Waals surface area contributed by atoms with Crippen LogP contribution in [-0.2, 0) is 6.42 Å². The Labute approximate surface area is 113 Å². The zero-order valence-electron chi connectivity index (χ0n) is 10.5. The Hall–Kier alpha value is -0.380. The number of hydrogen-bond donors (Lipinski definition) is 0. The lowest BCUT2D eigenvalue weighted by atomic mass is 10.1. The molecule has 0 aromatic heterocycles. The topological polar surface area (TPSA) is 6.48 Å². The highest BCUT2D eigenvalue weighted by Gasteiger charge is 2.12. The average molecular weight is 297 g/mol. The first-order chi connectivity index (χ1) is 8.25. The summed E-state index contributed by atoms with van der Waals surface area (Å²) in [5.74, 6) is 0. The highest BCUT2D eigenvalue weighted by atomic mass is 79.9. The molecular weight excluding hydrogens is 276 g/mol. The second-order valence-electron chi connectivity index (χ2n) is 4.84. The fraction of sp³-hybridized carbons (Fsp3) is 0.571. The number of halogens is 1. The molecule has 3 heteroatoms. The smallest absolute Gasteiger partial charge is 0.0207 e.